The van der Waals surface area contributed by atoms with Crippen LogP contribution in [0, 0.1) is 5.92 Å². The van der Waals surface area contributed by atoms with Gasteiger partial charge in [-0.05, 0) is 31.2 Å². The lowest BCUT2D eigenvalue weighted by Gasteiger charge is -2.35. The molecule has 1 aromatic heterocycles. The third kappa shape index (κ3) is 3.76. The van der Waals surface area contributed by atoms with Crippen LogP contribution in [0.25, 0.3) is 0 Å². The maximum Gasteiger partial charge on any atom is 0.222 e. The van der Waals surface area contributed by atoms with Gasteiger partial charge in [0.2, 0.25) is 5.91 Å². The molecule has 0 unspecified atom stereocenters. The van der Waals surface area contributed by atoms with Crippen LogP contribution in [-0.4, -0.2) is 47.0 Å². The van der Waals surface area contributed by atoms with Crippen LogP contribution < -0.4 is 4.90 Å². The van der Waals surface area contributed by atoms with E-state index < -0.39 is 0 Å². The van der Waals surface area contributed by atoms with E-state index in [1.807, 2.05) is 17.2 Å². The average molecular weight is 302 g/mol. The third-order valence-electron chi connectivity index (χ3n) is 4.49. The van der Waals surface area contributed by atoms with E-state index in [9.17, 15) is 4.79 Å². The van der Waals surface area contributed by atoms with E-state index in [0.717, 1.165) is 44.2 Å². The molecule has 2 fully saturated rings. The molecule has 5 nitrogen and oxygen atoms in total. The van der Waals surface area contributed by atoms with E-state index in [4.69, 9.17) is 4.98 Å². The highest BCUT2D eigenvalue weighted by molar-refractivity contribution is 5.76. The second-order valence-electron chi connectivity index (χ2n) is 6.85. The molecule has 1 amide bonds. The SMILES string of the molecule is CC(C)CCC(=O)N1CCN(c2ccnc(C3CC3)n2)CC1. The van der Waals surface area contributed by atoms with Crippen molar-refractivity contribution in [3.63, 3.8) is 0 Å². The Kier molecular flexibility index (Phi) is 4.60. The third-order valence-corrected chi connectivity index (χ3v) is 4.49. The minimum Gasteiger partial charge on any atom is -0.353 e. The molecule has 1 aliphatic heterocycles. The van der Waals surface area contributed by atoms with Gasteiger partial charge in [-0.1, -0.05) is 13.8 Å². The Morgan fingerprint density at radius 1 is 1.27 bits per heavy atom. The van der Waals surface area contributed by atoms with Gasteiger partial charge in [-0.2, -0.15) is 0 Å². The molecule has 2 aliphatic rings. The second-order valence-corrected chi connectivity index (χ2v) is 6.85. The van der Waals surface area contributed by atoms with Gasteiger partial charge >= 0.3 is 0 Å². The van der Waals surface area contributed by atoms with Crippen LogP contribution in [0.15, 0.2) is 12.3 Å². The van der Waals surface area contributed by atoms with Gasteiger partial charge in [0.1, 0.15) is 11.6 Å². The highest BCUT2D eigenvalue weighted by Crippen LogP contribution is 2.38. The molecular weight excluding hydrogens is 276 g/mol. The van der Waals surface area contributed by atoms with E-state index in [-0.39, 0.29) is 0 Å². The first kappa shape index (κ1) is 15.3. The zero-order chi connectivity index (χ0) is 15.5. The summed E-state index contributed by atoms with van der Waals surface area (Å²) in [4.78, 5) is 25.5. The number of rotatable bonds is 5. The standard InChI is InChI=1S/C17H26N4O/c1-13(2)3-6-16(22)21-11-9-20(10-12-21)15-7-8-18-17(19-15)14-4-5-14/h7-8,13-14H,3-6,9-12H2,1-2H3. The van der Waals surface area contributed by atoms with Crippen molar-refractivity contribution in [2.24, 2.45) is 5.92 Å². The topological polar surface area (TPSA) is 49.3 Å². The van der Waals surface area contributed by atoms with E-state index in [2.05, 4.69) is 23.7 Å². The lowest BCUT2D eigenvalue weighted by atomic mass is 10.1. The van der Waals surface area contributed by atoms with Gasteiger partial charge in [-0.25, -0.2) is 9.97 Å². The lowest BCUT2D eigenvalue weighted by molar-refractivity contribution is -0.131. The Morgan fingerprint density at radius 2 is 2.00 bits per heavy atom. The first-order valence-electron chi connectivity index (χ1n) is 8.49. The van der Waals surface area contributed by atoms with Gasteiger partial charge in [0.05, 0.1) is 0 Å². The summed E-state index contributed by atoms with van der Waals surface area (Å²) in [5.74, 6) is 3.49. The summed E-state index contributed by atoms with van der Waals surface area (Å²) >= 11 is 0. The summed E-state index contributed by atoms with van der Waals surface area (Å²) in [5.41, 5.74) is 0. The Bertz CT molecular complexity index is 519. The quantitative estimate of drug-likeness (QED) is 0.838. The Hall–Kier alpha value is -1.65. The molecule has 1 aliphatic carbocycles. The molecular formula is C17H26N4O. The zero-order valence-electron chi connectivity index (χ0n) is 13.7. The van der Waals surface area contributed by atoms with Gasteiger partial charge in [0, 0.05) is 44.7 Å². The highest BCUT2D eigenvalue weighted by atomic mass is 16.2. The number of aromatic nitrogens is 2. The number of carbonyl (C=O) groups is 1. The Morgan fingerprint density at radius 3 is 2.64 bits per heavy atom. The minimum atomic E-state index is 0.301. The average Bonchev–Trinajstić information content (AvgIpc) is 3.38. The number of piperazine rings is 1. The number of nitrogens with zero attached hydrogens (tertiary/aromatic N) is 4. The largest absolute Gasteiger partial charge is 0.353 e. The fraction of sp³-hybridized carbons (Fsp3) is 0.706. The molecule has 1 saturated carbocycles. The van der Waals surface area contributed by atoms with Crippen LogP contribution in [0.5, 0.6) is 0 Å². The molecule has 2 heterocycles. The second kappa shape index (κ2) is 6.63. The molecule has 0 N–H and O–H groups in total. The van der Waals surface area contributed by atoms with Crippen molar-refractivity contribution in [3.8, 4) is 0 Å². The van der Waals surface area contributed by atoms with E-state index >= 15 is 0 Å². The smallest absolute Gasteiger partial charge is 0.222 e. The fourth-order valence-corrected chi connectivity index (χ4v) is 2.83. The van der Waals surface area contributed by atoms with Crippen LogP contribution in [-0.2, 0) is 4.79 Å². The molecule has 0 aromatic carbocycles. The Labute approximate surface area is 132 Å². The molecule has 0 radical (unpaired) electrons. The molecule has 0 spiro atoms. The van der Waals surface area contributed by atoms with E-state index in [0.29, 0.717) is 24.2 Å². The molecule has 22 heavy (non-hydrogen) atoms. The molecule has 1 aromatic rings. The van der Waals surface area contributed by atoms with Gasteiger partial charge in [-0.3, -0.25) is 4.79 Å². The van der Waals surface area contributed by atoms with Crippen molar-refractivity contribution in [1.29, 1.82) is 0 Å². The monoisotopic (exact) mass is 302 g/mol. The van der Waals surface area contributed by atoms with Crippen molar-refractivity contribution in [2.75, 3.05) is 31.1 Å². The predicted molar refractivity (Wildman–Crippen MR) is 86.9 cm³/mol. The first-order chi connectivity index (χ1) is 10.6. The van der Waals surface area contributed by atoms with Crippen LogP contribution >= 0.6 is 0 Å². The van der Waals surface area contributed by atoms with Crippen LogP contribution in [0.1, 0.15) is 51.3 Å². The molecule has 120 valence electrons. The van der Waals surface area contributed by atoms with Crippen LogP contribution in [0.4, 0.5) is 5.82 Å². The first-order valence-corrected chi connectivity index (χ1v) is 8.49. The van der Waals surface area contributed by atoms with E-state index in [1.165, 1.54) is 12.8 Å². The minimum absolute atomic E-state index is 0.301. The fourth-order valence-electron chi connectivity index (χ4n) is 2.83. The van der Waals surface area contributed by atoms with Crippen molar-refractivity contribution in [3.05, 3.63) is 18.1 Å². The summed E-state index contributed by atoms with van der Waals surface area (Å²) < 4.78 is 0. The van der Waals surface area contributed by atoms with Gasteiger partial charge in [0.15, 0.2) is 0 Å². The number of carbonyl (C=O) groups excluding carboxylic acids is 1. The van der Waals surface area contributed by atoms with Crippen molar-refractivity contribution >= 4 is 11.7 Å². The molecule has 1 saturated heterocycles. The number of anilines is 1. The normalized spacial score (nSPS) is 18.9. The van der Waals surface area contributed by atoms with Gasteiger partial charge in [0.25, 0.3) is 0 Å². The number of hydrogen-bond acceptors (Lipinski definition) is 4. The molecule has 5 heteroatoms. The van der Waals surface area contributed by atoms with Crippen molar-refractivity contribution in [2.45, 2.75) is 45.4 Å². The summed E-state index contributed by atoms with van der Waals surface area (Å²) in [6.45, 7) is 7.68. The maximum atomic E-state index is 12.2. The van der Waals surface area contributed by atoms with Gasteiger partial charge < -0.3 is 9.80 Å². The lowest BCUT2D eigenvalue weighted by Crippen LogP contribution is -2.49. The van der Waals surface area contributed by atoms with Crippen LogP contribution in [0.2, 0.25) is 0 Å². The number of amides is 1. The summed E-state index contributed by atoms with van der Waals surface area (Å²) in [6, 6.07) is 1.99. The summed E-state index contributed by atoms with van der Waals surface area (Å²) in [5, 5.41) is 0. The summed E-state index contributed by atoms with van der Waals surface area (Å²) in [7, 11) is 0. The number of hydrogen-bond donors (Lipinski definition) is 0. The molecule has 3 rings (SSSR count). The van der Waals surface area contributed by atoms with Gasteiger partial charge in [-0.15, -0.1) is 0 Å². The van der Waals surface area contributed by atoms with Crippen molar-refractivity contribution in [1.82, 2.24) is 14.9 Å². The summed E-state index contributed by atoms with van der Waals surface area (Å²) in [6.07, 6.45) is 5.98. The highest BCUT2D eigenvalue weighted by Gasteiger charge is 2.28. The maximum absolute atomic E-state index is 12.2. The Balaban J connectivity index is 1.53. The van der Waals surface area contributed by atoms with Crippen LogP contribution in [0.3, 0.4) is 0 Å². The van der Waals surface area contributed by atoms with Crippen molar-refractivity contribution < 1.29 is 4.79 Å². The molecule has 0 bridgehead atoms. The molecule has 0 atom stereocenters. The predicted octanol–water partition coefficient (Wildman–Crippen LogP) is 2.44. The van der Waals surface area contributed by atoms with E-state index in [1.54, 1.807) is 0 Å². The zero-order valence-corrected chi connectivity index (χ0v) is 13.7.